The van der Waals surface area contributed by atoms with Crippen LogP contribution in [0.1, 0.15) is 88.2 Å². The van der Waals surface area contributed by atoms with E-state index < -0.39 is 42.6 Å². The van der Waals surface area contributed by atoms with Crippen molar-refractivity contribution in [3.8, 4) is 11.1 Å². The van der Waals surface area contributed by atoms with E-state index in [-0.39, 0.29) is 24.4 Å². The van der Waals surface area contributed by atoms with E-state index in [9.17, 15) is 28.0 Å². The van der Waals surface area contributed by atoms with Gasteiger partial charge in [0.25, 0.3) is 12.3 Å². The van der Waals surface area contributed by atoms with E-state index in [4.69, 9.17) is 0 Å². The first-order valence-corrected chi connectivity index (χ1v) is 21.8. The molecule has 64 heavy (non-hydrogen) atoms. The molecule has 0 aliphatic carbocycles. The van der Waals surface area contributed by atoms with E-state index in [0.717, 1.165) is 76.2 Å². The highest BCUT2D eigenvalue weighted by molar-refractivity contribution is 6.03. The number of halogens is 4. The predicted molar refractivity (Wildman–Crippen MR) is 237 cm³/mol. The van der Waals surface area contributed by atoms with E-state index >= 15 is 8.78 Å². The highest BCUT2D eigenvalue weighted by Crippen LogP contribution is 2.43. The van der Waals surface area contributed by atoms with Crippen molar-refractivity contribution in [2.24, 2.45) is 0 Å². The van der Waals surface area contributed by atoms with Gasteiger partial charge in [-0.15, -0.1) is 0 Å². The molecule has 1 saturated heterocycles. The zero-order valence-corrected chi connectivity index (χ0v) is 36.6. The summed E-state index contributed by atoms with van der Waals surface area (Å²) >= 11 is 0. The van der Waals surface area contributed by atoms with Gasteiger partial charge in [0.2, 0.25) is 6.41 Å². The molecule has 338 valence electrons. The number of rotatable bonds is 14. The molecular formula is C49H55F4N7O4. The number of nitrogens with zero attached hydrogens (tertiary/aromatic N) is 5. The number of carbonyl (C=O) groups is 4. The number of likely N-dealkylation sites (tertiary alicyclic amines) is 1. The number of aldehydes is 2. The summed E-state index contributed by atoms with van der Waals surface area (Å²) in [6, 6.07) is 15.4. The molecule has 0 saturated carbocycles. The number of aromatic nitrogens is 2. The molecule has 11 nitrogen and oxygen atoms in total. The molecule has 0 spiro atoms. The molecule has 3 aliphatic rings. The maximum atomic E-state index is 16.2. The smallest absolute Gasteiger partial charge is 0.261 e. The minimum Gasteiger partial charge on any atom is -0.357 e. The normalized spacial score (nSPS) is 18.6. The molecule has 0 radical (unpaired) electrons. The number of alkyl halides is 2. The maximum Gasteiger partial charge on any atom is 0.261 e. The molecule has 5 heterocycles. The van der Waals surface area contributed by atoms with Crippen LogP contribution >= 0.6 is 0 Å². The first-order chi connectivity index (χ1) is 30.9. The lowest BCUT2D eigenvalue weighted by Gasteiger charge is -2.41. The molecule has 2 aromatic heterocycles. The van der Waals surface area contributed by atoms with Crippen molar-refractivity contribution in [1.29, 1.82) is 0 Å². The largest absolute Gasteiger partial charge is 0.357 e. The Kier molecular flexibility index (Phi) is 14.8. The van der Waals surface area contributed by atoms with E-state index in [1.807, 2.05) is 70.4 Å². The zero-order chi connectivity index (χ0) is 45.7. The monoisotopic (exact) mass is 881 g/mol. The maximum absolute atomic E-state index is 16.2. The third kappa shape index (κ3) is 9.72. The van der Waals surface area contributed by atoms with Gasteiger partial charge >= 0.3 is 0 Å². The molecular weight excluding hydrogens is 827 g/mol. The Hall–Kier alpha value is -5.61. The molecule has 2 amide bonds. The van der Waals surface area contributed by atoms with Crippen LogP contribution in [-0.4, -0.2) is 113 Å². The highest BCUT2D eigenvalue weighted by Gasteiger charge is 2.40. The standard InChI is InChI=1S/C47H48F4N6O4.C2H7N/c1-28-16-32-22-55(23-33(32)18-38(28)47(61)57(27-60)36(26-59)6-5-15-58)35-11-13-54(14-12-35)24-34-10-9-30(21-52-34)31-19-40(48)44(41(49)20-31)46-45-39(17-29(2)56(46)25-43(50)51)37-7-3-4-8-42(37)53-45;1-3-2/h3-4,7-10,15-16,18-21,26-27,29,35-36,43,46,53H,5-6,11-14,17,22-25H2,1-2H3;3H,1-2H3/t29-,36?,46?;/m1./s1. The minimum atomic E-state index is -2.69. The van der Waals surface area contributed by atoms with Crippen LogP contribution in [0.4, 0.5) is 17.6 Å². The fourth-order valence-corrected chi connectivity index (χ4v) is 9.65. The van der Waals surface area contributed by atoms with E-state index in [0.29, 0.717) is 66.9 Å². The fourth-order valence-electron chi connectivity index (χ4n) is 9.65. The SMILES string of the molecule is CNC.Cc1cc2c(cc1C(=O)N(C=O)C(C=O)CCC=O)CN(C1CCN(Cc3ccc(-c4cc(F)c(C5c6[nH]c7ccccc7c6C[C@@H](C)N5CC(F)F)c(F)c4)cn3)CC1)C2. The Morgan fingerprint density at radius 3 is 2.28 bits per heavy atom. The van der Waals surface area contributed by atoms with Gasteiger partial charge in [-0.3, -0.25) is 34.2 Å². The number of nitrogens with one attached hydrogen (secondary N) is 2. The van der Waals surface area contributed by atoms with Gasteiger partial charge in [-0.05, 0) is 112 Å². The number of fused-ring (bicyclic) bond motifs is 4. The summed E-state index contributed by atoms with van der Waals surface area (Å²) < 4.78 is 60.2. The van der Waals surface area contributed by atoms with Crippen molar-refractivity contribution >= 4 is 35.8 Å². The average molecular weight is 882 g/mol. The fraction of sp³-hybridized carbons (Fsp3) is 0.408. The van der Waals surface area contributed by atoms with Crippen LogP contribution in [0, 0.1) is 18.6 Å². The molecule has 15 heteroatoms. The highest BCUT2D eigenvalue weighted by atomic mass is 19.3. The Labute approximate surface area is 370 Å². The minimum absolute atomic E-state index is 0.0614. The van der Waals surface area contributed by atoms with Gasteiger partial charge in [0.15, 0.2) is 0 Å². The van der Waals surface area contributed by atoms with Crippen LogP contribution in [0.15, 0.2) is 66.9 Å². The molecule has 3 aromatic carbocycles. The van der Waals surface area contributed by atoms with Crippen molar-refractivity contribution in [3.05, 3.63) is 123 Å². The van der Waals surface area contributed by atoms with Crippen molar-refractivity contribution in [3.63, 3.8) is 0 Å². The van der Waals surface area contributed by atoms with Crippen LogP contribution in [0.2, 0.25) is 0 Å². The summed E-state index contributed by atoms with van der Waals surface area (Å²) in [5, 5.41) is 3.67. The van der Waals surface area contributed by atoms with E-state index in [1.54, 1.807) is 12.3 Å². The quantitative estimate of drug-likeness (QED) is 0.0870. The summed E-state index contributed by atoms with van der Waals surface area (Å²) in [6.07, 6.45) is 2.93. The van der Waals surface area contributed by atoms with Gasteiger partial charge in [-0.2, -0.15) is 0 Å². The van der Waals surface area contributed by atoms with Crippen LogP contribution in [0.5, 0.6) is 0 Å². The molecule has 2 unspecified atom stereocenters. The molecule has 3 atom stereocenters. The van der Waals surface area contributed by atoms with Crippen molar-refractivity contribution in [2.45, 2.75) is 96.2 Å². The molecule has 5 aromatic rings. The van der Waals surface area contributed by atoms with Gasteiger partial charge in [0, 0.05) is 90.7 Å². The van der Waals surface area contributed by atoms with Crippen LogP contribution in [-0.2, 0) is 40.4 Å². The number of imide groups is 1. The number of carbonyl (C=O) groups excluding carboxylic acids is 4. The third-order valence-corrected chi connectivity index (χ3v) is 12.8. The lowest BCUT2D eigenvalue weighted by molar-refractivity contribution is -0.123. The first-order valence-electron chi connectivity index (χ1n) is 21.8. The molecule has 8 rings (SSSR count). The Balaban J connectivity index is 0.00000199. The Bertz CT molecular complexity index is 2450. The van der Waals surface area contributed by atoms with Gasteiger partial charge in [-0.25, -0.2) is 17.6 Å². The number of H-pyrrole nitrogens is 1. The van der Waals surface area contributed by atoms with Crippen LogP contribution < -0.4 is 5.32 Å². The summed E-state index contributed by atoms with van der Waals surface area (Å²) in [4.78, 5) is 62.8. The summed E-state index contributed by atoms with van der Waals surface area (Å²) in [6.45, 7) is 6.69. The van der Waals surface area contributed by atoms with Gasteiger partial charge in [-0.1, -0.05) is 30.3 Å². The Morgan fingerprint density at radius 1 is 0.969 bits per heavy atom. The lowest BCUT2D eigenvalue weighted by atomic mass is 9.87. The van der Waals surface area contributed by atoms with Crippen molar-refractivity contribution in [2.75, 3.05) is 33.7 Å². The zero-order valence-electron chi connectivity index (χ0n) is 36.6. The van der Waals surface area contributed by atoms with Crippen molar-refractivity contribution < 1.29 is 36.7 Å². The first kappa shape index (κ1) is 46.4. The topological polar surface area (TPSA) is 122 Å². The number of pyridine rings is 1. The number of aromatic amines is 1. The number of hydrogen-bond donors (Lipinski definition) is 2. The van der Waals surface area contributed by atoms with Crippen LogP contribution in [0.3, 0.4) is 0 Å². The third-order valence-electron chi connectivity index (χ3n) is 12.8. The average Bonchev–Trinajstić information content (AvgIpc) is 3.87. The van der Waals surface area contributed by atoms with Gasteiger partial charge in [0.1, 0.15) is 24.2 Å². The number of hydrogen-bond acceptors (Lipinski definition) is 9. The second kappa shape index (κ2) is 20.5. The molecule has 1 fully saturated rings. The predicted octanol–water partition coefficient (Wildman–Crippen LogP) is 7.38. The molecule has 3 aliphatic heterocycles. The number of amides is 2. The number of aryl methyl sites for hydroxylation is 1. The number of para-hydroxylation sites is 1. The van der Waals surface area contributed by atoms with Crippen molar-refractivity contribution in [1.82, 2.24) is 34.9 Å². The summed E-state index contributed by atoms with van der Waals surface area (Å²) in [7, 11) is 3.75. The molecule has 0 bridgehead atoms. The number of benzene rings is 3. The van der Waals surface area contributed by atoms with Gasteiger partial charge < -0.3 is 19.9 Å². The Morgan fingerprint density at radius 2 is 1.66 bits per heavy atom. The second-order valence-electron chi connectivity index (χ2n) is 17.1. The summed E-state index contributed by atoms with van der Waals surface area (Å²) in [5.41, 5.74) is 6.83. The lowest BCUT2D eigenvalue weighted by Crippen LogP contribution is -2.45. The van der Waals surface area contributed by atoms with Gasteiger partial charge in [0.05, 0.1) is 24.3 Å². The second-order valence-corrected chi connectivity index (χ2v) is 17.1. The van der Waals surface area contributed by atoms with E-state index in [1.165, 1.54) is 17.0 Å². The number of piperidine rings is 1. The summed E-state index contributed by atoms with van der Waals surface area (Å²) in [5.74, 6) is -2.18. The van der Waals surface area contributed by atoms with E-state index in [2.05, 4.69) is 25.1 Å². The molecule has 2 N–H and O–H groups in total. The van der Waals surface area contributed by atoms with Crippen LogP contribution in [0.25, 0.3) is 22.0 Å².